The summed E-state index contributed by atoms with van der Waals surface area (Å²) in [5.41, 5.74) is 11.1. The van der Waals surface area contributed by atoms with E-state index in [2.05, 4.69) is 16.0 Å². The summed E-state index contributed by atoms with van der Waals surface area (Å²) in [6, 6.07) is -0.851. The van der Waals surface area contributed by atoms with Gasteiger partial charge in [-0.1, -0.05) is 13.8 Å². The predicted molar refractivity (Wildman–Crippen MR) is 139 cm³/mol. The zero-order valence-electron chi connectivity index (χ0n) is 21.8. The lowest BCUT2D eigenvalue weighted by atomic mass is 10.3. The molecule has 7 N–H and O–H groups in total. The van der Waals surface area contributed by atoms with Crippen molar-refractivity contribution in [2.24, 2.45) is 11.5 Å². The van der Waals surface area contributed by atoms with Gasteiger partial charge >= 0.3 is 20.7 Å². The molecule has 0 aromatic heterocycles. The molecule has 0 radical (unpaired) electrons. The number of carbonyl (C=O) groups excluding carboxylic acids is 2. The van der Waals surface area contributed by atoms with Crippen LogP contribution in [-0.4, -0.2) is 109 Å². The number of urea groups is 2. The molecule has 218 valence electrons. The third-order valence-electron chi connectivity index (χ3n) is 6.55. The summed E-state index contributed by atoms with van der Waals surface area (Å²) in [6.45, 7) is 4.57. The SMILES string of the molecule is CC(C)P(=O)(OC[C@@H]1CNC[C@H](N2C=CC(N)NC2=O)O1)N1C[C@@H](COP=O)O[C@@H](N2C=CC(N)NC2=O)C1. The van der Waals surface area contributed by atoms with E-state index in [-0.39, 0.29) is 32.3 Å². The number of rotatable bonds is 10. The van der Waals surface area contributed by atoms with E-state index in [1.807, 2.05) is 0 Å². The van der Waals surface area contributed by atoms with Crippen molar-refractivity contribution in [2.75, 3.05) is 39.4 Å². The van der Waals surface area contributed by atoms with Crippen LogP contribution in [0.2, 0.25) is 0 Å². The van der Waals surface area contributed by atoms with Crippen LogP contribution in [0, 0.1) is 0 Å². The standard InChI is InChI=1S/C21H36N8O8P2/c1-13(2)39(33,35-12-14-7-24-8-18(36-14)28-5-3-16(22)25-20(28)30)27-9-15(11-34-38-32)37-19(10-27)29-6-4-17(23)26-21(29)31/h3-6,13-19,24H,7-12,22-23H2,1-2H3,(H,25,30)(H,26,31)/t14-,15-,16?,17?,18+,19+,39?/m0/s1. The molecule has 4 heterocycles. The van der Waals surface area contributed by atoms with Crippen LogP contribution >= 0.6 is 16.2 Å². The average molecular weight is 591 g/mol. The molecule has 4 aliphatic rings. The zero-order chi connectivity index (χ0) is 28.2. The second-order valence-electron chi connectivity index (χ2n) is 9.73. The summed E-state index contributed by atoms with van der Waals surface area (Å²) >= 11 is 0. The molecule has 2 saturated heterocycles. The van der Waals surface area contributed by atoms with Crippen LogP contribution in [0.25, 0.3) is 0 Å². The highest BCUT2D eigenvalue weighted by Crippen LogP contribution is 2.56. The summed E-state index contributed by atoms with van der Waals surface area (Å²) in [5, 5.41) is 8.42. The Labute approximate surface area is 228 Å². The Morgan fingerprint density at radius 3 is 2.21 bits per heavy atom. The van der Waals surface area contributed by atoms with Gasteiger partial charge in [0.05, 0.1) is 44.3 Å². The smallest absolute Gasteiger partial charge is 0.327 e. The fourth-order valence-corrected chi connectivity index (χ4v) is 7.07. The van der Waals surface area contributed by atoms with Crippen LogP contribution in [0.15, 0.2) is 24.6 Å². The Morgan fingerprint density at radius 2 is 1.62 bits per heavy atom. The zero-order valence-corrected chi connectivity index (χ0v) is 23.5. The summed E-state index contributed by atoms with van der Waals surface area (Å²) in [4.78, 5) is 27.6. The molecule has 0 aromatic carbocycles. The Hall–Kier alpha value is -1.97. The van der Waals surface area contributed by atoms with Gasteiger partial charge in [0.25, 0.3) is 7.52 Å². The minimum Gasteiger partial charge on any atom is -0.350 e. The lowest BCUT2D eigenvalue weighted by Gasteiger charge is -2.45. The number of morpholine rings is 2. The van der Waals surface area contributed by atoms with Crippen LogP contribution in [0.3, 0.4) is 0 Å². The minimum absolute atomic E-state index is 0.0149. The Balaban J connectivity index is 1.46. The quantitative estimate of drug-likeness (QED) is 0.210. The maximum absolute atomic E-state index is 14.4. The fraction of sp³-hybridized carbons (Fsp3) is 0.714. The van der Waals surface area contributed by atoms with Crippen molar-refractivity contribution >= 4 is 28.3 Å². The van der Waals surface area contributed by atoms with Gasteiger partial charge in [-0.2, -0.15) is 0 Å². The molecule has 0 bridgehead atoms. The highest BCUT2D eigenvalue weighted by Gasteiger charge is 2.45. The van der Waals surface area contributed by atoms with E-state index >= 15 is 0 Å². The van der Waals surface area contributed by atoms with E-state index in [4.69, 9.17) is 30.0 Å². The van der Waals surface area contributed by atoms with E-state index in [9.17, 15) is 18.7 Å². The topological polar surface area (TPSA) is 203 Å². The van der Waals surface area contributed by atoms with Crippen molar-refractivity contribution in [3.8, 4) is 0 Å². The van der Waals surface area contributed by atoms with E-state index < -0.39 is 64.9 Å². The maximum atomic E-state index is 14.4. The summed E-state index contributed by atoms with van der Waals surface area (Å²) in [5.74, 6) is 0. The number of hydrogen-bond donors (Lipinski definition) is 5. The summed E-state index contributed by atoms with van der Waals surface area (Å²) in [7, 11) is -4.04. The number of nitrogens with one attached hydrogen (secondary N) is 3. The van der Waals surface area contributed by atoms with Gasteiger partial charge in [0.2, 0.25) is 0 Å². The molecule has 4 rings (SSSR count). The van der Waals surface area contributed by atoms with Crippen molar-refractivity contribution < 1.29 is 37.2 Å². The second kappa shape index (κ2) is 13.1. The van der Waals surface area contributed by atoms with Gasteiger partial charge in [-0.05, 0) is 12.2 Å². The molecule has 4 aliphatic heterocycles. The fourth-order valence-electron chi connectivity index (χ4n) is 4.57. The van der Waals surface area contributed by atoms with E-state index in [0.717, 1.165) is 0 Å². The van der Waals surface area contributed by atoms with Crippen molar-refractivity contribution in [2.45, 2.75) is 56.5 Å². The first-order valence-corrected chi connectivity index (χ1v) is 15.0. The first kappa shape index (κ1) is 30.0. The van der Waals surface area contributed by atoms with Gasteiger partial charge in [-0.15, -0.1) is 0 Å². The molecule has 0 aliphatic carbocycles. The largest absolute Gasteiger partial charge is 0.350 e. The molecule has 0 saturated carbocycles. The van der Waals surface area contributed by atoms with Gasteiger partial charge in [-0.3, -0.25) is 18.9 Å². The lowest BCUT2D eigenvalue weighted by molar-refractivity contribution is -0.125. The highest BCUT2D eigenvalue weighted by atomic mass is 31.2. The van der Waals surface area contributed by atoms with E-state index in [1.165, 1.54) is 16.0 Å². The molecule has 7 atom stereocenters. The molecular formula is C21H36N8O8P2. The predicted octanol–water partition coefficient (Wildman–Crippen LogP) is -0.183. The number of amides is 4. The van der Waals surface area contributed by atoms with Gasteiger partial charge in [0.15, 0.2) is 12.5 Å². The Bertz CT molecular complexity index is 1020. The van der Waals surface area contributed by atoms with Crippen molar-refractivity contribution in [3.05, 3.63) is 24.6 Å². The molecule has 0 aromatic rings. The number of nitrogens with two attached hydrogens (primary N) is 2. The first-order chi connectivity index (χ1) is 18.6. The highest BCUT2D eigenvalue weighted by molar-refractivity contribution is 7.57. The van der Waals surface area contributed by atoms with Crippen LogP contribution in [0.5, 0.6) is 0 Å². The van der Waals surface area contributed by atoms with Gasteiger partial charge < -0.3 is 41.4 Å². The number of nitrogens with zero attached hydrogens (tertiary/aromatic N) is 3. The molecule has 4 amide bonds. The summed E-state index contributed by atoms with van der Waals surface area (Å²) in [6.07, 6.45) is 2.55. The third-order valence-corrected chi connectivity index (χ3v) is 9.75. The number of carbonyl (C=O) groups is 2. The van der Waals surface area contributed by atoms with Gasteiger partial charge in [0.1, 0.15) is 0 Å². The number of ether oxygens (including phenoxy) is 2. The second-order valence-corrected chi connectivity index (χ2v) is 13.1. The van der Waals surface area contributed by atoms with Crippen molar-refractivity contribution in [1.82, 2.24) is 30.4 Å². The Morgan fingerprint density at radius 1 is 1.00 bits per heavy atom. The third kappa shape index (κ3) is 7.22. The Kier molecular flexibility index (Phi) is 10.1. The monoisotopic (exact) mass is 590 g/mol. The van der Waals surface area contributed by atoms with Crippen molar-refractivity contribution in [1.29, 1.82) is 0 Å². The summed E-state index contributed by atoms with van der Waals surface area (Å²) < 4.78 is 50.2. The minimum atomic E-state index is -3.52. The van der Waals surface area contributed by atoms with Crippen LogP contribution in [0.1, 0.15) is 13.8 Å². The van der Waals surface area contributed by atoms with Crippen LogP contribution < -0.4 is 27.4 Å². The molecule has 3 unspecified atom stereocenters. The molecule has 39 heavy (non-hydrogen) atoms. The molecular weight excluding hydrogens is 554 g/mol. The average Bonchev–Trinajstić information content (AvgIpc) is 2.90. The van der Waals surface area contributed by atoms with E-state index in [0.29, 0.717) is 13.1 Å². The normalized spacial score (nSPS) is 33.8. The maximum Gasteiger partial charge on any atom is 0.327 e. The van der Waals surface area contributed by atoms with E-state index in [1.54, 1.807) is 36.9 Å². The van der Waals surface area contributed by atoms with Gasteiger partial charge in [-0.25, -0.2) is 18.8 Å². The van der Waals surface area contributed by atoms with Crippen molar-refractivity contribution in [3.63, 3.8) is 0 Å². The molecule has 0 spiro atoms. The molecule has 18 heteroatoms. The number of hydrogen-bond acceptors (Lipinski definition) is 11. The van der Waals surface area contributed by atoms with Gasteiger partial charge in [0, 0.05) is 37.7 Å². The molecule has 16 nitrogen and oxygen atoms in total. The first-order valence-electron chi connectivity index (χ1n) is 12.6. The van der Waals surface area contributed by atoms with Crippen LogP contribution in [0.4, 0.5) is 9.59 Å². The molecule has 2 fully saturated rings. The lowest BCUT2D eigenvalue weighted by Crippen LogP contribution is -2.60. The van der Waals surface area contributed by atoms with Crippen LogP contribution in [-0.2, 0) is 27.7 Å².